The maximum absolute atomic E-state index is 12.6. The largest absolute Gasteiger partial charge is 0.373 e. The Labute approximate surface area is 172 Å². The van der Waals surface area contributed by atoms with Crippen LogP contribution in [0, 0.1) is 0 Å². The lowest BCUT2D eigenvalue weighted by Gasteiger charge is -2.08. The highest BCUT2D eigenvalue weighted by molar-refractivity contribution is 5.69. The van der Waals surface area contributed by atoms with Crippen LogP contribution in [0.15, 0.2) is 15.9 Å². The van der Waals surface area contributed by atoms with Crippen LogP contribution in [0.25, 0.3) is 11.2 Å². The van der Waals surface area contributed by atoms with Gasteiger partial charge in [-0.25, -0.2) is 9.78 Å². The Morgan fingerprint density at radius 2 is 1.48 bits per heavy atom. The van der Waals surface area contributed by atoms with Crippen molar-refractivity contribution in [3.63, 3.8) is 0 Å². The molecule has 0 radical (unpaired) electrons. The Hall–Kier alpha value is -1.89. The van der Waals surface area contributed by atoms with Crippen molar-refractivity contribution in [2.75, 3.05) is 6.61 Å². The zero-order chi connectivity index (χ0) is 20.6. The Morgan fingerprint density at radius 3 is 2.07 bits per heavy atom. The summed E-state index contributed by atoms with van der Waals surface area (Å²) in [5, 5.41) is 0. The first-order chi connectivity index (χ1) is 14.1. The van der Waals surface area contributed by atoms with Gasteiger partial charge in [-0.2, -0.15) is 0 Å². The molecule has 0 aromatic carbocycles. The molecule has 2 aromatic rings. The van der Waals surface area contributed by atoms with Crippen molar-refractivity contribution in [2.45, 2.75) is 89.7 Å². The fourth-order valence-corrected chi connectivity index (χ4v) is 4.06. The molecule has 7 heteroatoms. The predicted octanol–water partition coefficient (Wildman–Crippen LogP) is 3.51. The van der Waals surface area contributed by atoms with E-state index in [0.29, 0.717) is 23.8 Å². The van der Waals surface area contributed by atoms with Crippen LogP contribution >= 0.6 is 0 Å². The van der Waals surface area contributed by atoms with E-state index in [-0.39, 0.29) is 11.2 Å². The second kappa shape index (κ2) is 10.8. The Balaban J connectivity index is 1.27. The number of rotatable bonds is 14. The zero-order valence-electron chi connectivity index (χ0n) is 18.1. The van der Waals surface area contributed by atoms with Gasteiger partial charge in [0.25, 0.3) is 5.56 Å². The third-order valence-electron chi connectivity index (χ3n) is 6.01. The van der Waals surface area contributed by atoms with Gasteiger partial charge in [0.1, 0.15) is 0 Å². The molecule has 0 bridgehead atoms. The number of aromatic nitrogens is 4. The molecule has 0 aliphatic carbocycles. The van der Waals surface area contributed by atoms with Gasteiger partial charge in [-0.3, -0.25) is 13.9 Å². The smallest absolute Gasteiger partial charge is 0.332 e. The van der Waals surface area contributed by atoms with Crippen LogP contribution in [-0.4, -0.2) is 31.4 Å². The zero-order valence-corrected chi connectivity index (χ0v) is 18.1. The summed E-state index contributed by atoms with van der Waals surface area (Å²) in [7, 11) is 3.46. The maximum atomic E-state index is 12.6. The van der Waals surface area contributed by atoms with Crippen LogP contribution < -0.4 is 11.2 Å². The van der Waals surface area contributed by atoms with E-state index in [1.54, 1.807) is 25.0 Å². The molecule has 1 unspecified atom stereocenters. The lowest BCUT2D eigenvalue weighted by atomic mass is 10.0. The third kappa shape index (κ3) is 6.04. The van der Waals surface area contributed by atoms with Crippen molar-refractivity contribution in [3.05, 3.63) is 27.2 Å². The van der Waals surface area contributed by atoms with Crippen molar-refractivity contribution in [1.29, 1.82) is 0 Å². The van der Waals surface area contributed by atoms with Gasteiger partial charge in [-0.15, -0.1) is 0 Å². The number of hydrogen-bond acceptors (Lipinski definition) is 4. The summed E-state index contributed by atoms with van der Waals surface area (Å²) in [4.78, 5) is 29.3. The average Bonchev–Trinajstić information content (AvgIpc) is 3.45. The fraction of sp³-hybridized carbons (Fsp3) is 0.773. The van der Waals surface area contributed by atoms with Gasteiger partial charge in [-0.1, -0.05) is 64.2 Å². The molecule has 0 N–H and O–H groups in total. The summed E-state index contributed by atoms with van der Waals surface area (Å²) in [6.07, 6.45) is 17.1. The molecule has 2 aromatic heterocycles. The fourth-order valence-electron chi connectivity index (χ4n) is 4.06. The van der Waals surface area contributed by atoms with Crippen LogP contribution in [0.1, 0.15) is 77.0 Å². The Kier molecular flexibility index (Phi) is 8.09. The number of nitrogens with zero attached hydrogens (tertiary/aromatic N) is 4. The van der Waals surface area contributed by atoms with E-state index < -0.39 is 0 Å². The summed E-state index contributed by atoms with van der Waals surface area (Å²) >= 11 is 0. The minimum absolute atomic E-state index is 0.229. The van der Waals surface area contributed by atoms with E-state index in [1.165, 1.54) is 73.3 Å². The van der Waals surface area contributed by atoms with E-state index in [0.717, 1.165) is 19.4 Å². The van der Waals surface area contributed by atoms with Crippen LogP contribution in [0.4, 0.5) is 0 Å². The first-order valence-electron chi connectivity index (χ1n) is 11.3. The van der Waals surface area contributed by atoms with Crippen molar-refractivity contribution < 1.29 is 4.74 Å². The molecule has 1 aliphatic heterocycles. The van der Waals surface area contributed by atoms with E-state index >= 15 is 0 Å². The molecular formula is C22H36N4O3. The molecular weight excluding hydrogens is 368 g/mol. The molecule has 3 heterocycles. The normalized spacial score (nSPS) is 16.0. The highest BCUT2D eigenvalue weighted by atomic mass is 16.6. The lowest BCUT2D eigenvalue weighted by Crippen LogP contribution is -2.39. The number of ether oxygens (including phenoxy) is 1. The second-order valence-electron chi connectivity index (χ2n) is 8.46. The molecule has 1 saturated heterocycles. The van der Waals surface area contributed by atoms with Crippen LogP contribution in [-0.2, 0) is 25.4 Å². The quantitative estimate of drug-likeness (QED) is 0.357. The Bertz CT molecular complexity index is 892. The number of fused-ring (bicyclic) bond motifs is 1. The van der Waals surface area contributed by atoms with Gasteiger partial charge >= 0.3 is 5.69 Å². The van der Waals surface area contributed by atoms with Crippen molar-refractivity contribution in [2.24, 2.45) is 14.1 Å². The van der Waals surface area contributed by atoms with Gasteiger partial charge in [0.05, 0.1) is 19.0 Å². The van der Waals surface area contributed by atoms with Crippen molar-refractivity contribution in [3.8, 4) is 0 Å². The number of hydrogen-bond donors (Lipinski definition) is 0. The summed E-state index contributed by atoms with van der Waals surface area (Å²) in [5.41, 5.74) is 0.447. The molecule has 1 atom stereocenters. The van der Waals surface area contributed by atoms with E-state index in [4.69, 9.17) is 4.74 Å². The van der Waals surface area contributed by atoms with E-state index in [9.17, 15) is 9.59 Å². The number of imidazole rings is 1. The molecule has 162 valence electrons. The van der Waals surface area contributed by atoms with Crippen molar-refractivity contribution >= 4 is 11.2 Å². The SMILES string of the molecule is Cn1cnc2c1c(=O)n(CCCCCCCCCCCCCC1CO1)c(=O)n2C. The molecule has 3 rings (SSSR count). The highest BCUT2D eigenvalue weighted by Gasteiger charge is 2.20. The van der Waals surface area contributed by atoms with Crippen molar-refractivity contribution in [1.82, 2.24) is 18.7 Å². The number of unbranched alkanes of at least 4 members (excludes halogenated alkanes) is 10. The monoisotopic (exact) mass is 404 g/mol. The summed E-state index contributed by atoms with van der Waals surface area (Å²) in [5.74, 6) is 0. The minimum Gasteiger partial charge on any atom is -0.373 e. The molecule has 1 fully saturated rings. The summed E-state index contributed by atoms with van der Waals surface area (Å²) in [6.45, 7) is 1.48. The van der Waals surface area contributed by atoms with Gasteiger partial charge < -0.3 is 9.30 Å². The minimum atomic E-state index is -0.272. The molecule has 7 nitrogen and oxygen atoms in total. The standard InChI is InChI=1S/C22H36N4O3/c1-24-17-23-20-19(24)21(27)26(22(28)25(20)2)15-13-11-9-7-5-3-4-6-8-10-12-14-18-16-29-18/h17-18H,3-16H2,1-2H3. The first kappa shape index (κ1) is 21.8. The summed E-state index contributed by atoms with van der Waals surface area (Å²) in [6, 6.07) is 0. The predicted molar refractivity (Wildman–Crippen MR) is 115 cm³/mol. The third-order valence-corrected chi connectivity index (χ3v) is 6.01. The highest BCUT2D eigenvalue weighted by Crippen LogP contribution is 2.18. The number of aryl methyl sites for hydroxylation is 2. The molecule has 0 spiro atoms. The van der Waals surface area contributed by atoms with Gasteiger partial charge in [0.2, 0.25) is 0 Å². The molecule has 0 saturated carbocycles. The summed E-state index contributed by atoms with van der Waals surface area (Å²) < 4.78 is 9.75. The molecule has 1 aliphatic rings. The van der Waals surface area contributed by atoms with E-state index in [2.05, 4.69) is 4.98 Å². The van der Waals surface area contributed by atoms with E-state index in [1.807, 2.05) is 0 Å². The van der Waals surface area contributed by atoms with Crippen LogP contribution in [0.3, 0.4) is 0 Å². The van der Waals surface area contributed by atoms with Gasteiger partial charge in [0.15, 0.2) is 11.2 Å². The van der Waals surface area contributed by atoms with Gasteiger partial charge in [-0.05, 0) is 12.8 Å². The first-order valence-corrected chi connectivity index (χ1v) is 11.3. The lowest BCUT2D eigenvalue weighted by molar-refractivity contribution is 0.387. The Morgan fingerprint density at radius 1 is 0.931 bits per heavy atom. The van der Waals surface area contributed by atoms with Crippen LogP contribution in [0.5, 0.6) is 0 Å². The second-order valence-corrected chi connectivity index (χ2v) is 8.46. The van der Waals surface area contributed by atoms with Gasteiger partial charge in [0, 0.05) is 20.6 Å². The van der Waals surface area contributed by atoms with Crippen LogP contribution in [0.2, 0.25) is 0 Å². The molecule has 0 amide bonds. The number of epoxide rings is 1. The average molecular weight is 405 g/mol. The topological polar surface area (TPSA) is 74.3 Å². The maximum Gasteiger partial charge on any atom is 0.332 e. The molecule has 29 heavy (non-hydrogen) atoms.